The molecule has 0 heterocycles. The van der Waals surface area contributed by atoms with Crippen molar-refractivity contribution < 1.29 is 109 Å². The summed E-state index contributed by atoms with van der Waals surface area (Å²) in [6, 6.07) is 0. The molecule has 1 atom stereocenters. The fourth-order valence-corrected chi connectivity index (χ4v) is 3.57. The van der Waals surface area contributed by atoms with Gasteiger partial charge in [0.2, 0.25) is 6.40 Å². The van der Waals surface area contributed by atoms with Gasteiger partial charge in [-0.2, -0.15) is 91.3 Å². The van der Waals surface area contributed by atoms with Crippen molar-refractivity contribution in [2.24, 2.45) is 10.4 Å². The van der Waals surface area contributed by atoms with Crippen LogP contribution in [0.4, 0.5) is 74.6 Å². The number of aliphatic hydroxyl groups excluding tert-OH is 1. The van der Waals surface area contributed by atoms with Gasteiger partial charge in [0.15, 0.2) is 6.73 Å². The van der Waals surface area contributed by atoms with Crippen molar-refractivity contribution in [2.75, 3.05) is 24.8 Å². The number of halogens is 17. The fraction of sp³-hybridized carbons (Fsp3) is 0.773. The summed E-state index contributed by atoms with van der Waals surface area (Å²) < 4.78 is 234. The third-order valence-corrected chi connectivity index (χ3v) is 6.85. The molecule has 48 heavy (non-hydrogen) atoms. The highest BCUT2D eigenvalue weighted by Crippen LogP contribution is 2.64. The van der Waals surface area contributed by atoms with E-state index in [2.05, 4.69) is 30.8 Å². The van der Waals surface area contributed by atoms with Crippen molar-refractivity contribution in [3.05, 3.63) is 12.2 Å². The van der Waals surface area contributed by atoms with Gasteiger partial charge in [-0.15, -0.1) is 0 Å². The largest absolute Gasteiger partial charge is 0.473 e. The van der Waals surface area contributed by atoms with Gasteiger partial charge in [0.1, 0.15) is 6.61 Å². The van der Waals surface area contributed by atoms with E-state index in [0.29, 0.717) is 32.0 Å². The van der Waals surface area contributed by atoms with Gasteiger partial charge < -0.3 is 19.5 Å². The Morgan fingerprint density at radius 2 is 1.23 bits per heavy atom. The average Bonchev–Trinajstić information content (AvgIpc) is 2.90. The number of rotatable bonds is 19. The molecule has 1 unspecified atom stereocenters. The molecule has 1 N–H and O–H groups in total. The maximum atomic E-state index is 14.0. The van der Waals surface area contributed by atoms with Crippen molar-refractivity contribution >= 4 is 30.1 Å². The molecule has 0 rings (SSSR count). The molecule has 0 spiro atoms. The topological polar surface area (TPSA) is 104 Å². The quantitative estimate of drug-likeness (QED) is 0.0228. The molecule has 8 nitrogen and oxygen atoms in total. The Hall–Kier alpha value is -2.77. The second-order valence-electron chi connectivity index (χ2n) is 9.91. The smallest absolute Gasteiger partial charge is 0.439 e. The van der Waals surface area contributed by atoms with Gasteiger partial charge in [-0.1, -0.05) is 6.58 Å². The Labute approximate surface area is 261 Å². The molecule has 0 saturated heterocycles. The Bertz CT molecular complexity index is 1180. The van der Waals surface area contributed by atoms with E-state index in [0.717, 1.165) is 0 Å². The Morgan fingerprint density at radius 3 is 1.67 bits per heavy atom. The second kappa shape index (κ2) is 15.0. The molecule has 0 amide bonds. The lowest BCUT2D eigenvalue weighted by Crippen LogP contribution is -2.74. The zero-order chi connectivity index (χ0) is 38.6. The highest BCUT2D eigenvalue weighted by Gasteiger charge is 2.96. The summed E-state index contributed by atoms with van der Waals surface area (Å²) in [6.07, 6.45) is -16.2. The molecular weight excluding hydrogens is 745 g/mol. The van der Waals surface area contributed by atoms with Crippen molar-refractivity contribution in [3.8, 4) is 0 Å². The molecule has 0 aliphatic carbocycles. The lowest BCUT2D eigenvalue weighted by Gasteiger charge is -2.42. The van der Waals surface area contributed by atoms with Gasteiger partial charge in [-0.25, -0.2) is 9.79 Å². The number of alkyl halides is 17. The maximum Gasteiger partial charge on any atom is 0.473 e. The normalized spacial score (nSPS) is 15.4. The first kappa shape index (κ1) is 45.2. The predicted molar refractivity (Wildman–Crippen MR) is 125 cm³/mol. The van der Waals surface area contributed by atoms with Crippen molar-refractivity contribution in [1.82, 2.24) is 0 Å². The second-order valence-corrected chi connectivity index (χ2v) is 10.9. The van der Waals surface area contributed by atoms with E-state index in [1.165, 1.54) is 6.92 Å². The SMILES string of the molecule is C=C(C)C(=O)OCN=COOCC(O)CSCC(C)(C)C(=O)OC(F)(F)C(F)(F)C(F)(F)C(F)(F)C(F)(F)C(F)(F)C(F)(F)C(F)(F)F. The van der Waals surface area contributed by atoms with Crippen LogP contribution in [0, 0.1) is 5.41 Å². The number of nitrogens with zero attached hydrogens (tertiary/aromatic N) is 1. The average molecular weight is 767 g/mol. The summed E-state index contributed by atoms with van der Waals surface area (Å²) in [5.41, 5.74) is -2.48. The standard InChI is InChI=1S/C22H22F17NO7S/c1-10(2)12(42)44-8-40-9-46-45-5-11(41)6-48-7-14(3,4)13(43)47-22(38,39)20(33,34)18(29,30)16(25,26)15(23,24)17(27,28)19(31,32)21(35,36)37/h9,11,41H,1,5-8H2,2-4H3. The first-order valence-corrected chi connectivity index (χ1v) is 13.1. The van der Waals surface area contributed by atoms with Crippen LogP contribution >= 0.6 is 11.8 Å². The van der Waals surface area contributed by atoms with E-state index >= 15 is 0 Å². The number of aliphatic imine (C=N–C) groups is 1. The summed E-state index contributed by atoms with van der Waals surface area (Å²) in [5, 5.41) is 9.73. The number of hydrogen-bond donors (Lipinski definition) is 1. The Kier molecular flexibility index (Phi) is 14.1. The van der Waals surface area contributed by atoms with E-state index in [-0.39, 0.29) is 5.57 Å². The van der Waals surface area contributed by atoms with Crippen molar-refractivity contribution in [2.45, 2.75) is 74.7 Å². The van der Waals surface area contributed by atoms with Crippen LogP contribution in [-0.4, -0.2) is 102 Å². The first-order chi connectivity index (χ1) is 21.1. The number of ether oxygens (including phenoxy) is 2. The molecule has 0 fully saturated rings. The van der Waals surface area contributed by atoms with E-state index in [4.69, 9.17) is 0 Å². The lowest BCUT2D eigenvalue weighted by molar-refractivity contribution is -0.474. The molecule has 0 aromatic rings. The number of aliphatic hydroxyl groups is 1. The highest BCUT2D eigenvalue weighted by atomic mass is 32.2. The van der Waals surface area contributed by atoms with E-state index in [1.54, 1.807) is 0 Å². The van der Waals surface area contributed by atoms with Crippen LogP contribution in [-0.2, 0) is 28.8 Å². The summed E-state index contributed by atoms with van der Waals surface area (Å²) in [4.78, 5) is 35.3. The minimum absolute atomic E-state index is 0.0486. The highest BCUT2D eigenvalue weighted by molar-refractivity contribution is 7.99. The summed E-state index contributed by atoms with van der Waals surface area (Å²) in [6.45, 7) is 4.50. The van der Waals surface area contributed by atoms with Gasteiger partial charge in [0.25, 0.3) is 0 Å². The van der Waals surface area contributed by atoms with Gasteiger partial charge in [-0.05, 0) is 20.8 Å². The van der Waals surface area contributed by atoms with Crippen molar-refractivity contribution in [1.29, 1.82) is 0 Å². The summed E-state index contributed by atoms with van der Waals surface area (Å²) in [5.74, 6) is -56.3. The lowest BCUT2D eigenvalue weighted by atomic mass is 9.90. The molecule has 0 aromatic heterocycles. The monoisotopic (exact) mass is 767 g/mol. The molecule has 0 aliphatic heterocycles. The van der Waals surface area contributed by atoms with Crippen LogP contribution in [0.2, 0.25) is 0 Å². The van der Waals surface area contributed by atoms with Gasteiger partial charge >= 0.3 is 59.8 Å². The van der Waals surface area contributed by atoms with Crippen LogP contribution in [0.25, 0.3) is 0 Å². The fourth-order valence-electron chi connectivity index (χ4n) is 2.45. The Morgan fingerprint density at radius 1 is 0.792 bits per heavy atom. The predicted octanol–water partition coefficient (Wildman–Crippen LogP) is 6.67. The zero-order valence-electron chi connectivity index (χ0n) is 23.9. The minimum atomic E-state index is -8.82. The molecule has 26 heteroatoms. The summed E-state index contributed by atoms with van der Waals surface area (Å²) in [7, 11) is 0. The summed E-state index contributed by atoms with van der Waals surface area (Å²) >= 11 is 0.396. The maximum absolute atomic E-state index is 14.0. The third kappa shape index (κ3) is 9.06. The molecule has 0 aliphatic rings. The zero-order valence-corrected chi connectivity index (χ0v) is 24.7. The Balaban J connectivity index is 5.58. The van der Waals surface area contributed by atoms with Crippen LogP contribution in [0.5, 0.6) is 0 Å². The first-order valence-electron chi connectivity index (χ1n) is 11.9. The molecule has 0 saturated carbocycles. The van der Waals surface area contributed by atoms with E-state index < -0.39 is 96.1 Å². The van der Waals surface area contributed by atoms with E-state index in [9.17, 15) is 89.3 Å². The number of esters is 2. The molecule has 282 valence electrons. The van der Waals surface area contributed by atoms with E-state index in [1.807, 2.05) is 0 Å². The number of thioether (sulfide) groups is 1. The van der Waals surface area contributed by atoms with Crippen LogP contribution in [0.1, 0.15) is 20.8 Å². The van der Waals surface area contributed by atoms with Crippen LogP contribution < -0.4 is 0 Å². The van der Waals surface area contributed by atoms with Crippen LogP contribution in [0.15, 0.2) is 17.1 Å². The molecule has 0 bridgehead atoms. The van der Waals surface area contributed by atoms with Gasteiger partial charge in [0, 0.05) is 17.1 Å². The van der Waals surface area contributed by atoms with Crippen molar-refractivity contribution in [3.63, 3.8) is 0 Å². The molecular formula is C22H22F17NO7S. The molecule has 0 radical (unpaired) electrons. The minimum Gasteiger partial charge on any atom is -0.439 e. The van der Waals surface area contributed by atoms with Gasteiger partial charge in [-0.3, -0.25) is 4.79 Å². The number of hydrogen-bond acceptors (Lipinski definition) is 9. The van der Waals surface area contributed by atoms with Gasteiger partial charge in [0.05, 0.1) is 11.5 Å². The van der Waals surface area contributed by atoms with Crippen LogP contribution in [0.3, 0.4) is 0 Å². The number of carbonyl (C=O) groups excluding carboxylic acids is 2. The number of carbonyl (C=O) groups is 2. The third-order valence-electron chi connectivity index (χ3n) is 5.30. The molecule has 0 aromatic carbocycles.